The molecule has 1 atom stereocenters. The number of thiazole rings is 1. The van der Waals surface area contributed by atoms with Crippen molar-refractivity contribution in [1.29, 1.82) is 0 Å². The van der Waals surface area contributed by atoms with Gasteiger partial charge in [0.05, 0.1) is 45.4 Å². The molecule has 0 N–H and O–H groups in total. The lowest BCUT2D eigenvalue weighted by atomic mass is 10.1. The van der Waals surface area contributed by atoms with Gasteiger partial charge in [-0.3, -0.25) is 0 Å². The molecule has 2 aromatic carbocycles. The molecule has 0 aliphatic carbocycles. The van der Waals surface area contributed by atoms with E-state index in [4.69, 9.17) is 23.9 Å². The van der Waals surface area contributed by atoms with Gasteiger partial charge < -0.3 is 23.5 Å². The van der Waals surface area contributed by atoms with E-state index in [-0.39, 0.29) is 6.10 Å². The van der Waals surface area contributed by atoms with Crippen molar-refractivity contribution < 1.29 is 18.9 Å². The minimum atomic E-state index is 0.184. The van der Waals surface area contributed by atoms with Gasteiger partial charge in [0.15, 0.2) is 16.3 Å². The van der Waals surface area contributed by atoms with Crippen molar-refractivity contribution in [2.24, 2.45) is 4.99 Å². The van der Waals surface area contributed by atoms with Crippen LogP contribution in [-0.2, 0) is 11.3 Å². The maximum absolute atomic E-state index is 5.96. The molecule has 1 fully saturated rings. The van der Waals surface area contributed by atoms with Gasteiger partial charge in [-0.25, -0.2) is 4.99 Å². The second-order valence-corrected chi connectivity index (χ2v) is 8.80. The van der Waals surface area contributed by atoms with Crippen molar-refractivity contribution in [2.75, 3.05) is 27.9 Å². The van der Waals surface area contributed by atoms with Crippen LogP contribution in [0.5, 0.6) is 17.2 Å². The number of ether oxygens (including phenoxy) is 4. The number of nitrogens with zero attached hydrogens (tertiary/aromatic N) is 2. The molecule has 7 heteroatoms. The fraction of sp³-hybridized carbons (Fsp3) is 0.400. The Bertz CT molecular complexity index is 1130. The summed E-state index contributed by atoms with van der Waals surface area (Å²) in [6.45, 7) is 5.77. The van der Waals surface area contributed by atoms with E-state index in [1.807, 2.05) is 12.1 Å². The number of methoxy groups -OCH3 is 3. The van der Waals surface area contributed by atoms with E-state index in [0.29, 0.717) is 17.2 Å². The van der Waals surface area contributed by atoms with Crippen molar-refractivity contribution >= 4 is 17.0 Å². The van der Waals surface area contributed by atoms with Gasteiger partial charge in [-0.1, -0.05) is 17.7 Å². The highest BCUT2D eigenvalue weighted by Crippen LogP contribution is 2.41. The van der Waals surface area contributed by atoms with Crippen LogP contribution in [0.25, 0.3) is 11.3 Å². The number of aromatic nitrogens is 1. The maximum Gasteiger partial charge on any atom is 0.203 e. The maximum atomic E-state index is 5.96. The summed E-state index contributed by atoms with van der Waals surface area (Å²) in [7, 11) is 4.88. The molecule has 170 valence electrons. The van der Waals surface area contributed by atoms with E-state index in [9.17, 15) is 0 Å². The van der Waals surface area contributed by atoms with Crippen molar-refractivity contribution in [3.8, 4) is 28.5 Å². The molecule has 1 unspecified atom stereocenters. The van der Waals surface area contributed by atoms with Crippen LogP contribution in [0.15, 0.2) is 40.7 Å². The minimum Gasteiger partial charge on any atom is -0.493 e. The van der Waals surface area contributed by atoms with Gasteiger partial charge in [0.2, 0.25) is 5.75 Å². The van der Waals surface area contributed by atoms with Gasteiger partial charge in [0, 0.05) is 17.6 Å². The zero-order valence-corrected chi connectivity index (χ0v) is 20.1. The first-order valence-electron chi connectivity index (χ1n) is 10.8. The van der Waals surface area contributed by atoms with Crippen molar-refractivity contribution in [2.45, 2.75) is 39.3 Å². The lowest BCUT2D eigenvalue weighted by molar-refractivity contribution is 0.0968. The summed E-state index contributed by atoms with van der Waals surface area (Å²) < 4.78 is 24.9. The molecule has 32 heavy (non-hydrogen) atoms. The number of hydrogen-bond donors (Lipinski definition) is 0. The van der Waals surface area contributed by atoms with Gasteiger partial charge in [-0.2, -0.15) is 0 Å². The Morgan fingerprint density at radius 2 is 1.81 bits per heavy atom. The topological polar surface area (TPSA) is 54.2 Å². The molecule has 3 aromatic rings. The predicted octanol–water partition coefficient (Wildman–Crippen LogP) is 5.27. The first-order valence-corrected chi connectivity index (χ1v) is 11.6. The Morgan fingerprint density at radius 1 is 1.06 bits per heavy atom. The molecule has 0 saturated carbocycles. The molecule has 2 heterocycles. The van der Waals surface area contributed by atoms with Crippen molar-refractivity contribution in [1.82, 2.24) is 4.57 Å². The number of aryl methyl sites for hydroxylation is 2. The SMILES string of the molecule is COc1cc(-c2csc(=Nc3ccc(C)cc3C)n2CC2CCCO2)cc(OC)c1OC. The second-order valence-electron chi connectivity index (χ2n) is 7.96. The lowest BCUT2D eigenvalue weighted by Crippen LogP contribution is -2.24. The van der Waals surface area contributed by atoms with Crippen LogP contribution in [0.1, 0.15) is 24.0 Å². The van der Waals surface area contributed by atoms with E-state index in [1.165, 1.54) is 5.56 Å². The van der Waals surface area contributed by atoms with E-state index < -0.39 is 0 Å². The average Bonchev–Trinajstić information content (AvgIpc) is 3.45. The molecule has 1 saturated heterocycles. The van der Waals surface area contributed by atoms with Crippen molar-refractivity contribution in [3.63, 3.8) is 0 Å². The van der Waals surface area contributed by atoms with Crippen LogP contribution >= 0.6 is 11.3 Å². The Morgan fingerprint density at radius 3 is 2.41 bits per heavy atom. The van der Waals surface area contributed by atoms with Gasteiger partial charge in [0.1, 0.15) is 0 Å². The third kappa shape index (κ3) is 4.54. The molecule has 1 aliphatic rings. The van der Waals surface area contributed by atoms with Crippen molar-refractivity contribution in [3.05, 3.63) is 51.6 Å². The Kier molecular flexibility index (Phi) is 6.86. The van der Waals surface area contributed by atoms with Crippen LogP contribution in [0.4, 0.5) is 5.69 Å². The molecule has 1 aromatic heterocycles. The quantitative estimate of drug-likeness (QED) is 0.488. The monoisotopic (exact) mass is 454 g/mol. The van der Waals surface area contributed by atoms with E-state index in [2.05, 4.69) is 42.0 Å². The summed E-state index contributed by atoms with van der Waals surface area (Å²) in [6, 6.07) is 10.3. The summed E-state index contributed by atoms with van der Waals surface area (Å²) in [5.74, 6) is 1.84. The fourth-order valence-electron chi connectivity index (χ4n) is 4.08. The molecule has 1 aliphatic heterocycles. The van der Waals surface area contributed by atoms with Crippen LogP contribution in [0, 0.1) is 13.8 Å². The third-order valence-electron chi connectivity index (χ3n) is 5.74. The van der Waals surface area contributed by atoms with Gasteiger partial charge in [-0.05, 0) is 50.5 Å². The van der Waals surface area contributed by atoms with Crippen LogP contribution in [-0.4, -0.2) is 38.6 Å². The summed E-state index contributed by atoms with van der Waals surface area (Å²) >= 11 is 1.63. The Labute approximate surface area is 193 Å². The molecule has 4 rings (SSSR count). The molecule has 6 nitrogen and oxygen atoms in total. The molecule has 0 radical (unpaired) electrons. The molecular weight excluding hydrogens is 424 g/mol. The van der Waals surface area contributed by atoms with Gasteiger partial charge in [0.25, 0.3) is 0 Å². The first-order chi connectivity index (χ1) is 15.5. The largest absolute Gasteiger partial charge is 0.493 e. The van der Waals surface area contributed by atoms with Gasteiger partial charge >= 0.3 is 0 Å². The number of rotatable bonds is 7. The van der Waals surface area contributed by atoms with E-state index in [0.717, 1.165) is 53.3 Å². The minimum absolute atomic E-state index is 0.184. The summed E-state index contributed by atoms with van der Waals surface area (Å²) in [5.41, 5.74) is 5.41. The highest BCUT2D eigenvalue weighted by Gasteiger charge is 2.21. The standard InChI is InChI=1S/C25H30N2O4S/c1-16-8-9-20(17(2)11-16)26-25-27(14-19-7-6-10-31-19)21(15-32-25)18-12-22(28-3)24(30-5)23(13-18)29-4/h8-9,11-13,15,19H,6-7,10,14H2,1-5H3. The smallest absolute Gasteiger partial charge is 0.203 e. The zero-order valence-electron chi connectivity index (χ0n) is 19.3. The van der Waals surface area contributed by atoms with E-state index >= 15 is 0 Å². The zero-order chi connectivity index (χ0) is 22.7. The summed E-state index contributed by atoms with van der Waals surface area (Å²) in [4.78, 5) is 5.97. The Balaban J connectivity index is 1.87. The summed E-state index contributed by atoms with van der Waals surface area (Å²) in [6.07, 6.45) is 2.34. The molecule has 0 spiro atoms. The van der Waals surface area contributed by atoms with Gasteiger partial charge in [-0.15, -0.1) is 11.3 Å². The predicted molar refractivity (Wildman–Crippen MR) is 128 cm³/mol. The second kappa shape index (κ2) is 9.79. The van der Waals surface area contributed by atoms with Crippen LogP contribution < -0.4 is 19.0 Å². The molecule has 0 amide bonds. The number of benzene rings is 2. The molecular formula is C25H30N2O4S. The normalized spacial score (nSPS) is 16.4. The Hall–Kier alpha value is -2.77. The van der Waals surface area contributed by atoms with E-state index in [1.54, 1.807) is 32.7 Å². The molecule has 0 bridgehead atoms. The fourth-order valence-corrected chi connectivity index (χ4v) is 5.01. The van der Waals surface area contributed by atoms with Crippen LogP contribution in [0.3, 0.4) is 0 Å². The lowest BCUT2D eigenvalue weighted by Gasteiger charge is -2.17. The third-order valence-corrected chi connectivity index (χ3v) is 6.60. The van der Waals surface area contributed by atoms with Crippen LogP contribution in [0.2, 0.25) is 0 Å². The summed E-state index contributed by atoms with van der Waals surface area (Å²) in [5, 5.41) is 2.14. The number of hydrogen-bond acceptors (Lipinski definition) is 6. The highest BCUT2D eigenvalue weighted by atomic mass is 32.1. The first kappa shape index (κ1) is 22.4. The highest BCUT2D eigenvalue weighted by molar-refractivity contribution is 7.07. The average molecular weight is 455 g/mol.